The van der Waals surface area contributed by atoms with Crippen molar-refractivity contribution in [2.45, 2.75) is 18.6 Å². The van der Waals surface area contributed by atoms with Gasteiger partial charge in [0.25, 0.3) is 5.91 Å². The van der Waals surface area contributed by atoms with Gasteiger partial charge in [0.2, 0.25) is 0 Å². The Hall–Kier alpha value is -0.580. The van der Waals surface area contributed by atoms with Crippen LogP contribution in [0.1, 0.15) is 24.2 Å². The monoisotopic (exact) mass is 308 g/mol. The number of carbonyl (C=O) groups is 1. The molecule has 0 atom stereocenters. The Labute approximate surface area is 123 Å². The third kappa shape index (κ3) is 4.96. The second-order valence-corrected chi connectivity index (χ2v) is 6.31. The van der Waals surface area contributed by atoms with E-state index in [1.807, 2.05) is 6.26 Å². The standard InChI is InChI=1S/C12H17ClN2OS.ClH/c1-12(2,17-3)7-15-11(16)9-5-4-8(14)6-10(9)13;/h4-6H,7,14H2,1-3H3,(H,15,16);1H. The van der Waals surface area contributed by atoms with Crippen molar-refractivity contribution in [1.82, 2.24) is 5.32 Å². The molecular weight excluding hydrogens is 291 g/mol. The highest BCUT2D eigenvalue weighted by molar-refractivity contribution is 7.99. The molecule has 0 aromatic heterocycles. The first-order valence-corrected chi connectivity index (χ1v) is 6.84. The van der Waals surface area contributed by atoms with E-state index in [-0.39, 0.29) is 23.1 Å². The molecule has 0 radical (unpaired) electrons. The highest BCUT2D eigenvalue weighted by atomic mass is 35.5. The van der Waals surface area contributed by atoms with E-state index in [2.05, 4.69) is 19.2 Å². The molecule has 0 bridgehead atoms. The van der Waals surface area contributed by atoms with Crippen LogP contribution >= 0.6 is 35.8 Å². The number of anilines is 1. The molecule has 0 heterocycles. The molecule has 0 aliphatic carbocycles. The van der Waals surface area contributed by atoms with E-state index in [0.717, 1.165) is 0 Å². The smallest absolute Gasteiger partial charge is 0.252 e. The highest BCUT2D eigenvalue weighted by Crippen LogP contribution is 2.21. The zero-order valence-electron chi connectivity index (χ0n) is 10.6. The summed E-state index contributed by atoms with van der Waals surface area (Å²) >= 11 is 7.67. The largest absolute Gasteiger partial charge is 0.399 e. The second kappa shape index (κ2) is 7.12. The fourth-order valence-electron chi connectivity index (χ4n) is 1.18. The summed E-state index contributed by atoms with van der Waals surface area (Å²) < 4.78 is 0.00987. The second-order valence-electron chi connectivity index (χ2n) is 4.39. The van der Waals surface area contributed by atoms with Gasteiger partial charge in [-0.3, -0.25) is 4.79 Å². The molecule has 1 rings (SSSR count). The summed E-state index contributed by atoms with van der Waals surface area (Å²) in [7, 11) is 0. The third-order valence-electron chi connectivity index (χ3n) is 2.47. The summed E-state index contributed by atoms with van der Waals surface area (Å²) in [4.78, 5) is 11.9. The van der Waals surface area contributed by atoms with Crippen LogP contribution in [0, 0.1) is 0 Å². The molecule has 102 valence electrons. The summed E-state index contributed by atoms with van der Waals surface area (Å²) in [5, 5.41) is 3.24. The Bertz CT molecular complexity index is 425. The molecular formula is C12H18Cl2N2OS. The summed E-state index contributed by atoms with van der Waals surface area (Å²) in [6, 6.07) is 4.88. The van der Waals surface area contributed by atoms with Gasteiger partial charge in [-0.1, -0.05) is 11.6 Å². The fourth-order valence-corrected chi connectivity index (χ4v) is 1.67. The van der Waals surface area contributed by atoms with Crippen LogP contribution in [0.25, 0.3) is 0 Å². The Balaban J connectivity index is 0.00000289. The summed E-state index contributed by atoms with van der Waals surface area (Å²) in [6.07, 6.45) is 2.02. The lowest BCUT2D eigenvalue weighted by Gasteiger charge is -2.22. The zero-order chi connectivity index (χ0) is 13.1. The predicted octanol–water partition coefficient (Wildman–Crippen LogP) is 3.22. The summed E-state index contributed by atoms with van der Waals surface area (Å²) in [5.41, 5.74) is 6.58. The SMILES string of the molecule is CSC(C)(C)CNC(=O)c1ccc(N)cc1Cl.Cl. The van der Waals surface area contributed by atoms with Crippen LogP contribution in [0.5, 0.6) is 0 Å². The lowest BCUT2D eigenvalue weighted by atomic mass is 10.1. The maximum Gasteiger partial charge on any atom is 0.252 e. The maximum atomic E-state index is 11.9. The minimum Gasteiger partial charge on any atom is -0.399 e. The number of carbonyl (C=O) groups excluding carboxylic acids is 1. The summed E-state index contributed by atoms with van der Waals surface area (Å²) in [5.74, 6) is -0.169. The summed E-state index contributed by atoms with van der Waals surface area (Å²) in [6.45, 7) is 4.73. The first-order chi connectivity index (χ1) is 7.85. The van der Waals surface area contributed by atoms with Crippen LogP contribution < -0.4 is 11.1 Å². The zero-order valence-corrected chi connectivity index (χ0v) is 13.0. The van der Waals surface area contributed by atoms with E-state index in [1.165, 1.54) is 0 Å². The Kier molecular flexibility index (Phi) is 6.89. The number of hydrogen-bond donors (Lipinski definition) is 2. The molecule has 0 aliphatic heterocycles. The van der Waals surface area contributed by atoms with Crippen LogP contribution in [0.2, 0.25) is 5.02 Å². The van der Waals surface area contributed by atoms with Crippen LogP contribution in [0.4, 0.5) is 5.69 Å². The number of hydrogen-bond acceptors (Lipinski definition) is 3. The van der Waals surface area contributed by atoms with Crippen molar-refractivity contribution >= 4 is 47.4 Å². The molecule has 0 saturated carbocycles. The lowest BCUT2D eigenvalue weighted by molar-refractivity contribution is 0.0951. The van der Waals surface area contributed by atoms with E-state index in [4.69, 9.17) is 17.3 Å². The number of amides is 1. The van der Waals surface area contributed by atoms with Gasteiger partial charge >= 0.3 is 0 Å². The minimum atomic E-state index is -0.169. The molecule has 3 N–H and O–H groups in total. The molecule has 0 unspecified atom stereocenters. The van der Waals surface area contributed by atoms with Crippen molar-refractivity contribution in [2.24, 2.45) is 0 Å². The molecule has 1 amide bonds. The van der Waals surface area contributed by atoms with Crippen LogP contribution in [-0.2, 0) is 0 Å². The molecule has 0 fully saturated rings. The van der Waals surface area contributed by atoms with Crippen molar-refractivity contribution in [3.05, 3.63) is 28.8 Å². The number of rotatable bonds is 4. The predicted molar refractivity (Wildman–Crippen MR) is 83.0 cm³/mol. The minimum absolute atomic E-state index is 0. The molecule has 0 spiro atoms. The van der Waals surface area contributed by atoms with Gasteiger partial charge in [-0.15, -0.1) is 12.4 Å². The van der Waals surface area contributed by atoms with Crippen molar-refractivity contribution in [1.29, 1.82) is 0 Å². The number of benzene rings is 1. The first kappa shape index (κ1) is 17.4. The highest BCUT2D eigenvalue weighted by Gasteiger charge is 2.18. The molecule has 1 aromatic carbocycles. The van der Waals surface area contributed by atoms with Gasteiger partial charge in [0, 0.05) is 17.0 Å². The number of thioether (sulfide) groups is 1. The third-order valence-corrected chi connectivity index (χ3v) is 4.03. The van der Waals surface area contributed by atoms with Gasteiger partial charge in [0.1, 0.15) is 0 Å². The van der Waals surface area contributed by atoms with Crippen LogP contribution in [-0.4, -0.2) is 23.5 Å². The normalized spacial score (nSPS) is 10.7. The number of halogens is 2. The number of nitrogens with two attached hydrogens (primary N) is 1. The van der Waals surface area contributed by atoms with Crippen LogP contribution in [0.15, 0.2) is 18.2 Å². The molecule has 18 heavy (non-hydrogen) atoms. The van der Waals surface area contributed by atoms with Gasteiger partial charge in [0.05, 0.1) is 10.6 Å². The van der Waals surface area contributed by atoms with Gasteiger partial charge in [-0.25, -0.2) is 0 Å². The van der Waals surface area contributed by atoms with Gasteiger partial charge in [-0.05, 0) is 38.3 Å². The van der Waals surface area contributed by atoms with E-state index in [0.29, 0.717) is 22.8 Å². The van der Waals surface area contributed by atoms with Crippen molar-refractivity contribution < 1.29 is 4.79 Å². The van der Waals surface area contributed by atoms with Gasteiger partial charge in [0.15, 0.2) is 0 Å². The number of nitrogen functional groups attached to an aromatic ring is 1. The van der Waals surface area contributed by atoms with Gasteiger partial charge < -0.3 is 11.1 Å². The fraction of sp³-hybridized carbons (Fsp3) is 0.417. The van der Waals surface area contributed by atoms with E-state index in [1.54, 1.807) is 30.0 Å². The Morgan fingerprint density at radius 3 is 2.61 bits per heavy atom. The number of nitrogens with one attached hydrogen (secondary N) is 1. The first-order valence-electron chi connectivity index (χ1n) is 5.24. The average molecular weight is 309 g/mol. The molecule has 0 aliphatic rings. The molecule has 1 aromatic rings. The Morgan fingerprint density at radius 1 is 1.50 bits per heavy atom. The average Bonchev–Trinajstić information content (AvgIpc) is 2.26. The van der Waals surface area contributed by atoms with E-state index >= 15 is 0 Å². The molecule has 3 nitrogen and oxygen atoms in total. The Morgan fingerprint density at radius 2 is 2.11 bits per heavy atom. The van der Waals surface area contributed by atoms with E-state index in [9.17, 15) is 4.79 Å². The lowest BCUT2D eigenvalue weighted by Crippen LogP contribution is -2.36. The van der Waals surface area contributed by atoms with Gasteiger partial charge in [-0.2, -0.15) is 11.8 Å². The van der Waals surface area contributed by atoms with E-state index < -0.39 is 0 Å². The molecule has 0 saturated heterocycles. The van der Waals surface area contributed by atoms with Crippen molar-refractivity contribution in [3.8, 4) is 0 Å². The van der Waals surface area contributed by atoms with Crippen LogP contribution in [0.3, 0.4) is 0 Å². The van der Waals surface area contributed by atoms with Crippen molar-refractivity contribution in [2.75, 3.05) is 18.5 Å². The van der Waals surface area contributed by atoms with Crippen molar-refractivity contribution in [3.63, 3.8) is 0 Å². The topological polar surface area (TPSA) is 55.1 Å². The quantitative estimate of drug-likeness (QED) is 0.840. The maximum absolute atomic E-state index is 11.9. The molecule has 6 heteroatoms.